The molecule has 0 rings (SSSR count). The van der Waals surface area contributed by atoms with Crippen LogP contribution in [0.2, 0.25) is 0 Å². The van der Waals surface area contributed by atoms with Gasteiger partial charge in [0, 0.05) is 0 Å². The molecule has 1 amide bonds. The summed E-state index contributed by atoms with van der Waals surface area (Å²) in [5, 5.41) is 2.55. The number of hydrogen-bond donors (Lipinski definition) is 3. The van der Waals surface area contributed by atoms with Gasteiger partial charge in [0.2, 0.25) is 5.91 Å². The summed E-state index contributed by atoms with van der Waals surface area (Å²) in [6.45, 7) is 3.31. The molecule has 0 aromatic rings. The molecule has 4 nitrogen and oxygen atoms in total. The topological polar surface area (TPSA) is 81.1 Å². The van der Waals surface area contributed by atoms with Crippen LogP contribution in [0.1, 0.15) is 13.8 Å². The second kappa shape index (κ2) is 4.25. The Balaban J connectivity index is 3.85. The molecule has 5 N–H and O–H groups in total. The number of carbonyl (C=O) groups is 1. The lowest BCUT2D eigenvalue weighted by Gasteiger charge is -2.13. The smallest absolute Gasteiger partial charge is 0.237 e. The van der Waals surface area contributed by atoms with Gasteiger partial charge in [0.15, 0.2) is 0 Å². The van der Waals surface area contributed by atoms with Gasteiger partial charge in [-0.2, -0.15) is 0 Å². The van der Waals surface area contributed by atoms with Crippen LogP contribution in [-0.4, -0.2) is 23.0 Å². The Hall–Kier alpha value is -0.680. The molecule has 0 saturated heterocycles. The lowest BCUT2D eigenvalue weighted by atomic mass is 10.3. The molecule has 0 aliphatic rings. The zero-order valence-electron chi connectivity index (χ0n) is 6.63. The second-order valence-electron chi connectivity index (χ2n) is 2.42. The molecule has 11 heavy (non-hydrogen) atoms. The van der Waals surface area contributed by atoms with Crippen molar-refractivity contribution in [1.29, 1.82) is 0 Å². The van der Waals surface area contributed by atoms with Crippen molar-refractivity contribution in [3.05, 3.63) is 0 Å². The quantitative estimate of drug-likeness (QED) is 0.487. The first-order chi connectivity index (χ1) is 4.95. The number of carbonyl (C=O) groups excluding carboxylic acids is 1. The lowest BCUT2D eigenvalue weighted by Crippen LogP contribution is -2.47. The van der Waals surface area contributed by atoms with Gasteiger partial charge in [-0.3, -0.25) is 4.79 Å². The van der Waals surface area contributed by atoms with Crippen LogP contribution in [0.15, 0.2) is 0 Å². The van der Waals surface area contributed by atoms with Crippen molar-refractivity contribution >= 4 is 23.1 Å². The minimum absolute atomic E-state index is 0.245. The molecule has 0 fully saturated rings. The Kier molecular flexibility index (Phi) is 3.99. The molecule has 5 heteroatoms. The molecule has 0 bridgehead atoms. The average molecular weight is 175 g/mol. The van der Waals surface area contributed by atoms with Crippen LogP contribution in [0, 0.1) is 0 Å². The first-order valence-corrected chi connectivity index (χ1v) is 3.71. The van der Waals surface area contributed by atoms with Gasteiger partial charge in [-0.05, 0) is 13.8 Å². The zero-order valence-corrected chi connectivity index (χ0v) is 7.44. The largest absolute Gasteiger partial charge is 0.392 e. The number of thiocarbonyl (C=S) groups is 1. The van der Waals surface area contributed by atoms with Crippen LogP contribution >= 0.6 is 12.2 Å². The average Bonchev–Trinajstić information content (AvgIpc) is 1.87. The summed E-state index contributed by atoms with van der Waals surface area (Å²) < 4.78 is 0. The van der Waals surface area contributed by atoms with Crippen LogP contribution in [-0.2, 0) is 4.79 Å². The third kappa shape index (κ3) is 3.90. The van der Waals surface area contributed by atoms with Gasteiger partial charge < -0.3 is 16.8 Å². The summed E-state index contributed by atoms with van der Waals surface area (Å²) in [5.74, 6) is -0.245. The fourth-order valence-corrected chi connectivity index (χ4v) is 0.475. The Morgan fingerprint density at radius 1 is 1.55 bits per heavy atom. The fourth-order valence-electron chi connectivity index (χ4n) is 0.416. The Morgan fingerprint density at radius 3 is 2.27 bits per heavy atom. The lowest BCUT2D eigenvalue weighted by molar-refractivity contribution is -0.122. The minimum atomic E-state index is -0.521. The van der Waals surface area contributed by atoms with Crippen molar-refractivity contribution in [3.8, 4) is 0 Å². The van der Waals surface area contributed by atoms with Crippen LogP contribution < -0.4 is 16.8 Å². The summed E-state index contributed by atoms with van der Waals surface area (Å²) in [7, 11) is 0. The van der Waals surface area contributed by atoms with Gasteiger partial charge in [0.1, 0.15) is 0 Å². The maximum absolute atomic E-state index is 10.9. The summed E-state index contributed by atoms with van der Waals surface area (Å²) in [6.07, 6.45) is 0. The monoisotopic (exact) mass is 175 g/mol. The van der Waals surface area contributed by atoms with E-state index in [1.165, 1.54) is 0 Å². The zero-order chi connectivity index (χ0) is 9.02. The number of nitrogens with two attached hydrogens (primary N) is 2. The SMILES string of the molecule is C[C@H](N)C(=O)N[C@H](C)C(N)=S. The predicted molar refractivity (Wildman–Crippen MR) is 48.0 cm³/mol. The van der Waals surface area contributed by atoms with Crippen LogP contribution in [0.25, 0.3) is 0 Å². The summed E-state index contributed by atoms with van der Waals surface area (Å²) in [5.41, 5.74) is 10.5. The van der Waals surface area contributed by atoms with Gasteiger partial charge in [-0.1, -0.05) is 12.2 Å². The molecule has 2 atom stereocenters. The van der Waals surface area contributed by atoms with Crippen molar-refractivity contribution < 1.29 is 4.79 Å². The van der Waals surface area contributed by atoms with Crippen LogP contribution in [0.5, 0.6) is 0 Å². The van der Waals surface area contributed by atoms with E-state index < -0.39 is 6.04 Å². The molecule has 0 aliphatic carbocycles. The van der Waals surface area contributed by atoms with Crippen molar-refractivity contribution in [2.45, 2.75) is 25.9 Å². The first-order valence-electron chi connectivity index (χ1n) is 3.30. The molecule has 0 aromatic heterocycles. The normalized spacial score (nSPS) is 15.2. The van der Waals surface area contributed by atoms with Gasteiger partial charge in [0.25, 0.3) is 0 Å². The van der Waals surface area contributed by atoms with E-state index in [4.69, 9.17) is 11.5 Å². The molecule has 64 valence electrons. The van der Waals surface area contributed by atoms with Gasteiger partial charge in [-0.15, -0.1) is 0 Å². The Bertz CT molecular complexity index is 169. The highest BCUT2D eigenvalue weighted by atomic mass is 32.1. The predicted octanol–water partition coefficient (Wildman–Crippen LogP) is -0.876. The van der Waals surface area contributed by atoms with E-state index in [0.29, 0.717) is 0 Å². The van der Waals surface area contributed by atoms with E-state index in [0.717, 1.165) is 0 Å². The summed E-state index contributed by atoms with van der Waals surface area (Å²) >= 11 is 4.65. The number of rotatable bonds is 3. The van der Waals surface area contributed by atoms with Crippen molar-refractivity contribution in [2.24, 2.45) is 11.5 Å². The van der Waals surface area contributed by atoms with E-state index in [-0.39, 0.29) is 16.9 Å². The van der Waals surface area contributed by atoms with E-state index in [1.807, 2.05) is 0 Å². The fraction of sp³-hybridized carbons (Fsp3) is 0.667. The molecule has 0 aliphatic heterocycles. The van der Waals surface area contributed by atoms with Crippen LogP contribution in [0.3, 0.4) is 0 Å². The van der Waals surface area contributed by atoms with E-state index >= 15 is 0 Å². The van der Waals surface area contributed by atoms with Crippen LogP contribution in [0.4, 0.5) is 0 Å². The Labute approximate surface area is 71.3 Å². The van der Waals surface area contributed by atoms with Gasteiger partial charge >= 0.3 is 0 Å². The number of nitrogens with one attached hydrogen (secondary N) is 1. The number of amides is 1. The highest BCUT2D eigenvalue weighted by molar-refractivity contribution is 7.80. The highest BCUT2D eigenvalue weighted by Crippen LogP contribution is 1.83. The minimum Gasteiger partial charge on any atom is -0.392 e. The molecule has 0 spiro atoms. The maximum atomic E-state index is 10.9. The van der Waals surface area contributed by atoms with Gasteiger partial charge in [0.05, 0.1) is 17.1 Å². The van der Waals surface area contributed by atoms with E-state index in [9.17, 15) is 4.79 Å². The molecule has 0 radical (unpaired) electrons. The standard InChI is InChI=1S/C6H13N3OS/c1-3(7)6(10)9-4(2)5(8)11/h3-4H,7H2,1-2H3,(H2,8,11)(H,9,10)/t3-,4+/m0/s1. The molecule has 0 aromatic carbocycles. The first kappa shape index (κ1) is 10.3. The summed E-state index contributed by atoms with van der Waals surface area (Å²) in [4.78, 5) is 11.2. The third-order valence-electron chi connectivity index (χ3n) is 1.20. The molecule has 0 saturated carbocycles. The third-order valence-corrected chi connectivity index (χ3v) is 1.55. The molecule has 0 unspecified atom stereocenters. The van der Waals surface area contributed by atoms with Crippen molar-refractivity contribution in [1.82, 2.24) is 5.32 Å². The number of hydrogen-bond acceptors (Lipinski definition) is 3. The van der Waals surface area contributed by atoms with Crippen molar-refractivity contribution in [2.75, 3.05) is 0 Å². The summed E-state index contributed by atoms with van der Waals surface area (Å²) in [6, 6.07) is -0.810. The second-order valence-corrected chi connectivity index (χ2v) is 2.89. The maximum Gasteiger partial charge on any atom is 0.237 e. The van der Waals surface area contributed by atoms with E-state index in [1.54, 1.807) is 13.8 Å². The molecular formula is C6H13N3OS. The highest BCUT2D eigenvalue weighted by Gasteiger charge is 2.11. The van der Waals surface area contributed by atoms with Gasteiger partial charge in [-0.25, -0.2) is 0 Å². The van der Waals surface area contributed by atoms with Crippen molar-refractivity contribution in [3.63, 3.8) is 0 Å². The molecular weight excluding hydrogens is 162 g/mol. The van der Waals surface area contributed by atoms with E-state index in [2.05, 4.69) is 17.5 Å². The Morgan fingerprint density at radius 2 is 2.00 bits per heavy atom. The molecule has 0 heterocycles.